The lowest BCUT2D eigenvalue weighted by Crippen LogP contribution is -2.33. The number of benzene rings is 3. The first kappa shape index (κ1) is 24.8. The van der Waals surface area contributed by atoms with Crippen molar-refractivity contribution in [3.8, 4) is 11.5 Å². The van der Waals surface area contributed by atoms with E-state index in [-0.39, 0.29) is 5.69 Å². The van der Waals surface area contributed by atoms with Crippen molar-refractivity contribution in [2.75, 3.05) is 0 Å². The fourth-order valence-corrected chi connectivity index (χ4v) is 4.51. The Morgan fingerprint density at radius 3 is 2.56 bits per heavy atom. The highest BCUT2D eigenvalue weighted by Gasteiger charge is 2.19. The summed E-state index contributed by atoms with van der Waals surface area (Å²) < 4.78 is 11.8. The number of halogens is 1. The van der Waals surface area contributed by atoms with Crippen LogP contribution in [0.15, 0.2) is 77.9 Å². The zero-order chi connectivity index (χ0) is 25.7. The number of carbonyl (C=O) groups excluding carboxylic acids is 2. The predicted octanol–water partition coefficient (Wildman–Crippen LogP) is 5.60. The summed E-state index contributed by atoms with van der Waals surface area (Å²) in [7, 11) is 0. The molecule has 1 heterocycles. The van der Waals surface area contributed by atoms with Crippen LogP contribution in [-0.4, -0.2) is 29.1 Å². The molecular formula is C25H18ClN3O6S. The molecule has 0 fully saturated rings. The topological polar surface area (TPSA) is 120 Å². The molecule has 182 valence electrons. The van der Waals surface area contributed by atoms with Gasteiger partial charge in [0.15, 0.2) is 6.10 Å². The van der Waals surface area contributed by atoms with Crippen LogP contribution in [0.2, 0.25) is 5.02 Å². The fourth-order valence-electron chi connectivity index (χ4n) is 3.12. The minimum absolute atomic E-state index is 0.0797. The molecule has 1 N–H and O–H groups in total. The number of hydrogen-bond acceptors (Lipinski definition) is 8. The van der Waals surface area contributed by atoms with Crippen molar-refractivity contribution < 1.29 is 24.0 Å². The van der Waals surface area contributed by atoms with Gasteiger partial charge in [-0.3, -0.25) is 14.9 Å². The third-order valence-corrected chi connectivity index (χ3v) is 6.56. The molecule has 0 aliphatic heterocycles. The number of carbonyl (C=O) groups is 2. The maximum atomic E-state index is 12.7. The van der Waals surface area contributed by atoms with Crippen LogP contribution in [-0.2, 0) is 4.79 Å². The number of nitro benzene ring substituents is 1. The van der Waals surface area contributed by atoms with Crippen molar-refractivity contribution in [2.24, 2.45) is 5.10 Å². The van der Waals surface area contributed by atoms with Crippen LogP contribution in [0.1, 0.15) is 22.2 Å². The Balaban J connectivity index is 1.34. The van der Waals surface area contributed by atoms with Crippen molar-refractivity contribution in [3.63, 3.8) is 0 Å². The third-order valence-electron chi connectivity index (χ3n) is 4.91. The highest BCUT2D eigenvalue weighted by Crippen LogP contribution is 2.35. The van der Waals surface area contributed by atoms with Gasteiger partial charge in [0, 0.05) is 22.2 Å². The van der Waals surface area contributed by atoms with Crippen molar-refractivity contribution >= 4 is 56.8 Å². The van der Waals surface area contributed by atoms with E-state index >= 15 is 0 Å². The largest absolute Gasteiger partial charge is 0.481 e. The lowest BCUT2D eigenvalue weighted by Gasteiger charge is -2.12. The van der Waals surface area contributed by atoms with Crippen LogP contribution < -0.4 is 14.9 Å². The highest BCUT2D eigenvalue weighted by atomic mass is 35.5. The number of nitrogens with one attached hydrogen (secondary N) is 1. The summed E-state index contributed by atoms with van der Waals surface area (Å²) >= 11 is 7.61. The van der Waals surface area contributed by atoms with Crippen molar-refractivity contribution in [3.05, 3.63) is 98.4 Å². The van der Waals surface area contributed by atoms with Gasteiger partial charge in [-0.15, -0.1) is 11.3 Å². The number of nitrogens with zero attached hydrogens (tertiary/aromatic N) is 2. The van der Waals surface area contributed by atoms with E-state index in [1.807, 2.05) is 24.3 Å². The SMILES string of the molecule is C[C@H](Oc1ccc([N+](=O)[O-])cc1)C(=O)N/N=C\c1cccc(OC(=O)c2sc3ccccc3c2Cl)c1. The van der Waals surface area contributed by atoms with Crippen LogP contribution in [0, 0.1) is 10.1 Å². The van der Waals surface area contributed by atoms with Gasteiger partial charge in [-0.05, 0) is 42.8 Å². The van der Waals surface area contributed by atoms with Gasteiger partial charge >= 0.3 is 5.97 Å². The van der Waals surface area contributed by atoms with Gasteiger partial charge in [0.1, 0.15) is 16.4 Å². The van der Waals surface area contributed by atoms with Crippen molar-refractivity contribution in [1.82, 2.24) is 5.43 Å². The smallest absolute Gasteiger partial charge is 0.355 e. The summed E-state index contributed by atoms with van der Waals surface area (Å²) in [4.78, 5) is 35.4. The molecule has 1 amide bonds. The molecule has 4 aromatic rings. The Morgan fingerprint density at radius 1 is 1.08 bits per heavy atom. The number of non-ortho nitro benzene ring substituents is 1. The molecule has 0 spiro atoms. The number of nitro groups is 1. The Bertz CT molecular complexity index is 1470. The quantitative estimate of drug-likeness (QED) is 0.105. The first-order valence-corrected chi connectivity index (χ1v) is 11.7. The molecule has 0 saturated carbocycles. The first-order valence-electron chi connectivity index (χ1n) is 10.5. The van der Waals surface area contributed by atoms with E-state index in [0.717, 1.165) is 10.1 Å². The maximum Gasteiger partial charge on any atom is 0.355 e. The molecule has 4 rings (SSSR count). The molecule has 0 bridgehead atoms. The summed E-state index contributed by atoms with van der Waals surface area (Å²) in [5.41, 5.74) is 2.86. The summed E-state index contributed by atoms with van der Waals surface area (Å²) in [6.45, 7) is 1.52. The average Bonchev–Trinajstić information content (AvgIpc) is 3.21. The van der Waals surface area contributed by atoms with Crippen LogP contribution in [0.25, 0.3) is 10.1 Å². The minimum atomic E-state index is -0.901. The zero-order valence-corrected chi connectivity index (χ0v) is 20.3. The van der Waals surface area contributed by atoms with Crippen molar-refractivity contribution in [2.45, 2.75) is 13.0 Å². The summed E-state index contributed by atoms with van der Waals surface area (Å²) in [5, 5.41) is 15.8. The van der Waals surface area contributed by atoms with E-state index < -0.39 is 22.9 Å². The minimum Gasteiger partial charge on any atom is -0.481 e. The second kappa shape index (κ2) is 11.0. The number of hydrogen-bond donors (Lipinski definition) is 1. The normalized spacial score (nSPS) is 11.8. The molecule has 9 nitrogen and oxygen atoms in total. The number of esters is 1. The van der Waals surface area contributed by atoms with E-state index in [0.29, 0.717) is 27.0 Å². The van der Waals surface area contributed by atoms with E-state index in [1.165, 1.54) is 48.7 Å². The number of ether oxygens (including phenoxy) is 2. The zero-order valence-electron chi connectivity index (χ0n) is 18.7. The molecule has 11 heteroatoms. The number of hydrazone groups is 1. The van der Waals surface area contributed by atoms with E-state index in [1.54, 1.807) is 24.3 Å². The Kier molecular flexibility index (Phi) is 7.57. The Labute approximate surface area is 214 Å². The number of amides is 1. The van der Waals surface area contributed by atoms with Gasteiger partial charge in [-0.2, -0.15) is 5.10 Å². The third kappa shape index (κ3) is 5.85. The Morgan fingerprint density at radius 2 is 1.83 bits per heavy atom. The van der Waals surface area contributed by atoms with Crippen LogP contribution in [0.5, 0.6) is 11.5 Å². The highest BCUT2D eigenvalue weighted by molar-refractivity contribution is 7.21. The summed E-state index contributed by atoms with van der Waals surface area (Å²) in [6, 6.07) is 19.4. The molecular weight excluding hydrogens is 506 g/mol. The number of fused-ring (bicyclic) bond motifs is 1. The van der Waals surface area contributed by atoms with E-state index in [4.69, 9.17) is 21.1 Å². The van der Waals surface area contributed by atoms with Crippen molar-refractivity contribution in [1.29, 1.82) is 0 Å². The lowest BCUT2D eigenvalue weighted by molar-refractivity contribution is -0.384. The van der Waals surface area contributed by atoms with Crippen LogP contribution in [0.4, 0.5) is 5.69 Å². The fraction of sp³-hybridized carbons (Fsp3) is 0.0800. The lowest BCUT2D eigenvalue weighted by atomic mass is 10.2. The second-order valence-corrected chi connectivity index (χ2v) is 8.88. The molecule has 1 aromatic heterocycles. The van der Waals surface area contributed by atoms with E-state index in [9.17, 15) is 19.7 Å². The van der Waals surface area contributed by atoms with Gasteiger partial charge in [0.05, 0.1) is 16.2 Å². The van der Waals surface area contributed by atoms with Gasteiger partial charge in [0.25, 0.3) is 11.6 Å². The molecule has 0 radical (unpaired) electrons. The summed E-state index contributed by atoms with van der Waals surface area (Å²) in [5.74, 6) is -0.494. The molecule has 0 saturated heterocycles. The molecule has 36 heavy (non-hydrogen) atoms. The molecule has 3 aromatic carbocycles. The monoisotopic (exact) mass is 523 g/mol. The van der Waals surface area contributed by atoms with Gasteiger partial charge in [0.2, 0.25) is 0 Å². The Hall–Kier alpha value is -4.28. The number of thiophene rings is 1. The van der Waals surface area contributed by atoms with Gasteiger partial charge in [-0.25, -0.2) is 10.2 Å². The summed E-state index contributed by atoms with van der Waals surface area (Å²) in [6.07, 6.45) is 0.488. The van der Waals surface area contributed by atoms with Crippen LogP contribution >= 0.6 is 22.9 Å². The average molecular weight is 524 g/mol. The second-order valence-electron chi connectivity index (χ2n) is 7.45. The predicted molar refractivity (Wildman–Crippen MR) is 137 cm³/mol. The standard InChI is InChI=1S/C25H18ClN3O6S/c1-15(34-18-11-9-17(10-12-18)29(32)33)24(30)28-27-14-16-5-4-6-19(13-16)35-25(31)23-22(26)20-7-2-3-8-21(20)36-23/h2-15H,1H3,(H,28,30)/b27-14-/t15-/m0/s1. The van der Waals surface area contributed by atoms with E-state index in [2.05, 4.69) is 10.5 Å². The molecule has 0 unspecified atom stereocenters. The maximum absolute atomic E-state index is 12.7. The molecule has 0 aliphatic rings. The number of rotatable bonds is 8. The first-order chi connectivity index (χ1) is 17.3. The van der Waals surface area contributed by atoms with Gasteiger partial charge in [-0.1, -0.05) is 41.9 Å². The molecule has 1 atom stereocenters. The van der Waals surface area contributed by atoms with Gasteiger partial charge < -0.3 is 9.47 Å². The van der Waals surface area contributed by atoms with Crippen LogP contribution in [0.3, 0.4) is 0 Å². The molecule has 0 aliphatic carbocycles.